The van der Waals surface area contributed by atoms with Crippen molar-refractivity contribution in [2.24, 2.45) is 0 Å². The molecular formula is C22H21N. The van der Waals surface area contributed by atoms with Crippen LogP contribution in [0.3, 0.4) is 0 Å². The molecule has 0 fully saturated rings. The molecule has 0 heterocycles. The average Bonchev–Trinajstić information content (AvgIpc) is 2.58. The van der Waals surface area contributed by atoms with Crippen LogP contribution in [0.1, 0.15) is 17.5 Å². The van der Waals surface area contributed by atoms with Crippen molar-refractivity contribution in [1.82, 2.24) is 0 Å². The summed E-state index contributed by atoms with van der Waals surface area (Å²) in [5.41, 5.74) is 4.76. The second kappa shape index (κ2) is 6.97. The van der Waals surface area contributed by atoms with E-state index in [1.165, 1.54) is 21.9 Å². The van der Waals surface area contributed by atoms with Crippen LogP contribution in [0.15, 0.2) is 79.4 Å². The fourth-order valence-corrected chi connectivity index (χ4v) is 2.74. The van der Waals surface area contributed by atoms with Crippen LogP contribution in [0.5, 0.6) is 0 Å². The minimum atomic E-state index is 0.889. The standard InChI is InChI=1S/C22H21N/c1-3-4-5-10-18-12-8-15-21(17(18)2)23-22-16-9-13-19-11-6-7-14-20(19)22/h3,5-16,23H,1,4H2,2H3/b10-5-. The van der Waals surface area contributed by atoms with E-state index in [4.69, 9.17) is 0 Å². The van der Waals surface area contributed by atoms with Crippen LogP contribution in [0.2, 0.25) is 0 Å². The molecule has 3 rings (SSSR count). The van der Waals surface area contributed by atoms with E-state index in [0.29, 0.717) is 0 Å². The second-order valence-corrected chi connectivity index (χ2v) is 5.60. The van der Waals surface area contributed by atoms with Gasteiger partial charge in [0.25, 0.3) is 0 Å². The molecule has 0 aliphatic rings. The highest BCUT2D eigenvalue weighted by atomic mass is 14.9. The van der Waals surface area contributed by atoms with Crippen LogP contribution in [0.25, 0.3) is 16.8 Å². The number of nitrogens with one attached hydrogen (secondary N) is 1. The SMILES string of the molecule is C=CC/C=C\c1cccc(Nc2cccc3ccccc23)c1C. The van der Waals surface area contributed by atoms with E-state index in [-0.39, 0.29) is 0 Å². The summed E-state index contributed by atoms with van der Waals surface area (Å²) in [6.07, 6.45) is 7.09. The van der Waals surface area contributed by atoms with Gasteiger partial charge in [0, 0.05) is 16.8 Å². The highest BCUT2D eigenvalue weighted by Gasteiger charge is 2.04. The number of benzene rings is 3. The fourth-order valence-electron chi connectivity index (χ4n) is 2.74. The summed E-state index contributed by atoms with van der Waals surface area (Å²) in [5, 5.41) is 6.08. The zero-order valence-corrected chi connectivity index (χ0v) is 13.4. The quantitative estimate of drug-likeness (QED) is 0.531. The molecule has 114 valence electrons. The van der Waals surface area contributed by atoms with Crippen molar-refractivity contribution in [1.29, 1.82) is 0 Å². The Hall–Kier alpha value is -2.80. The molecule has 0 radical (unpaired) electrons. The first-order valence-corrected chi connectivity index (χ1v) is 7.91. The van der Waals surface area contributed by atoms with Gasteiger partial charge in [-0.25, -0.2) is 0 Å². The first-order chi connectivity index (χ1) is 11.3. The lowest BCUT2D eigenvalue weighted by Crippen LogP contribution is -1.95. The molecule has 0 bridgehead atoms. The predicted molar refractivity (Wildman–Crippen MR) is 102 cm³/mol. The Labute approximate surface area is 138 Å². The van der Waals surface area contributed by atoms with E-state index in [1.54, 1.807) is 0 Å². The van der Waals surface area contributed by atoms with Gasteiger partial charge in [0.05, 0.1) is 0 Å². The Kier molecular flexibility index (Phi) is 4.58. The van der Waals surface area contributed by atoms with Crippen molar-refractivity contribution in [2.45, 2.75) is 13.3 Å². The summed E-state index contributed by atoms with van der Waals surface area (Å²) < 4.78 is 0. The molecule has 0 saturated carbocycles. The molecule has 3 aromatic carbocycles. The highest BCUT2D eigenvalue weighted by molar-refractivity contribution is 5.95. The lowest BCUT2D eigenvalue weighted by molar-refractivity contribution is 1.39. The van der Waals surface area contributed by atoms with E-state index in [0.717, 1.165) is 17.8 Å². The lowest BCUT2D eigenvalue weighted by Gasteiger charge is -2.14. The summed E-state index contributed by atoms with van der Waals surface area (Å²) in [7, 11) is 0. The average molecular weight is 299 g/mol. The summed E-state index contributed by atoms with van der Waals surface area (Å²) in [5.74, 6) is 0. The van der Waals surface area contributed by atoms with Gasteiger partial charge in [-0.05, 0) is 42.0 Å². The van der Waals surface area contributed by atoms with Crippen molar-refractivity contribution in [3.05, 3.63) is 90.5 Å². The molecule has 1 N–H and O–H groups in total. The molecule has 1 heteroatoms. The molecule has 0 aromatic heterocycles. The van der Waals surface area contributed by atoms with Crippen molar-refractivity contribution < 1.29 is 0 Å². The van der Waals surface area contributed by atoms with Gasteiger partial charge in [-0.15, -0.1) is 6.58 Å². The Bertz CT molecular complexity index is 853. The van der Waals surface area contributed by atoms with Crippen molar-refractivity contribution >= 4 is 28.2 Å². The zero-order chi connectivity index (χ0) is 16.1. The van der Waals surface area contributed by atoms with Gasteiger partial charge < -0.3 is 5.32 Å². The molecule has 0 aliphatic heterocycles. The second-order valence-electron chi connectivity index (χ2n) is 5.60. The van der Waals surface area contributed by atoms with E-state index >= 15 is 0 Å². The van der Waals surface area contributed by atoms with E-state index < -0.39 is 0 Å². The Balaban J connectivity index is 1.96. The molecule has 0 unspecified atom stereocenters. The van der Waals surface area contributed by atoms with Gasteiger partial charge in [-0.1, -0.05) is 66.8 Å². The first kappa shape index (κ1) is 15.1. The number of hydrogen-bond acceptors (Lipinski definition) is 1. The maximum absolute atomic E-state index is 3.75. The Morgan fingerprint density at radius 1 is 0.913 bits per heavy atom. The van der Waals surface area contributed by atoms with Crippen LogP contribution in [-0.2, 0) is 0 Å². The smallest absolute Gasteiger partial charge is 0.0463 e. The molecule has 0 saturated heterocycles. The van der Waals surface area contributed by atoms with Crippen molar-refractivity contribution in [3.8, 4) is 0 Å². The maximum Gasteiger partial charge on any atom is 0.0463 e. The Morgan fingerprint density at radius 3 is 2.52 bits per heavy atom. The van der Waals surface area contributed by atoms with Gasteiger partial charge in [-0.2, -0.15) is 0 Å². The summed E-state index contributed by atoms with van der Waals surface area (Å²) in [4.78, 5) is 0. The van der Waals surface area contributed by atoms with Crippen LogP contribution < -0.4 is 5.32 Å². The van der Waals surface area contributed by atoms with Gasteiger partial charge in [0.15, 0.2) is 0 Å². The normalized spacial score (nSPS) is 11.0. The predicted octanol–water partition coefficient (Wildman–Crippen LogP) is 6.48. The monoisotopic (exact) mass is 299 g/mol. The third-order valence-corrected chi connectivity index (χ3v) is 4.03. The van der Waals surface area contributed by atoms with Crippen LogP contribution in [-0.4, -0.2) is 0 Å². The number of fused-ring (bicyclic) bond motifs is 1. The third kappa shape index (κ3) is 3.35. The summed E-state index contributed by atoms with van der Waals surface area (Å²) in [6.45, 7) is 5.91. The van der Waals surface area contributed by atoms with E-state index in [1.807, 2.05) is 6.08 Å². The molecule has 0 amide bonds. The molecule has 3 aromatic rings. The minimum absolute atomic E-state index is 0.889. The molecule has 1 nitrogen and oxygen atoms in total. The fraction of sp³-hybridized carbons (Fsp3) is 0.0909. The van der Waals surface area contributed by atoms with Gasteiger partial charge in [0.2, 0.25) is 0 Å². The number of rotatable bonds is 5. The number of hydrogen-bond donors (Lipinski definition) is 1. The zero-order valence-electron chi connectivity index (χ0n) is 13.4. The Morgan fingerprint density at radius 2 is 1.65 bits per heavy atom. The lowest BCUT2D eigenvalue weighted by atomic mass is 10.0. The maximum atomic E-state index is 3.75. The highest BCUT2D eigenvalue weighted by Crippen LogP contribution is 2.29. The number of anilines is 2. The molecule has 0 atom stereocenters. The largest absolute Gasteiger partial charge is 0.355 e. The number of allylic oxidation sites excluding steroid dienone is 2. The van der Waals surface area contributed by atoms with Gasteiger partial charge >= 0.3 is 0 Å². The van der Waals surface area contributed by atoms with Gasteiger partial charge in [-0.3, -0.25) is 0 Å². The molecule has 0 spiro atoms. The van der Waals surface area contributed by atoms with E-state index in [2.05, 4.69) is 91.6 Å². The van der Waals surface area contributed by atoms with Crippen LogP contribution >= 0.6 is 0 Å². The van der Waals surface area contributed by atoms with Crippen molar-refractivity contribution in [3.63, 3.8) is 0 Å². The first-order valence-electron chi connectivity index (χ1n) is 7.91. The molecule has 23 heavy (non-hydrogen) atoms. The summed E-state index contributed by atoms with van der Waals surface area (Å²) in [6, 6.07) is 21.2. The van der Waals surface area contributed by atoms with Gasteiger partial charge in [0.1, 0.15) is 0 Å². The molecule has 0 aliphatic carbocycles. The van der Waals surface area contributed by atoms with Crippen molar-refractivity contribution in [2.75, 3.05) is 5.32 Å². The van der Waals surface area contributed by atoms with Crippen LogP contribution in [0.4, 0.5) is 11.4 Å². The minimum Gasteiger partial charge on any atom is -0.355 e. The van der Waals surface area contributed by atoms with Crippen LogP contribution in [0, 0.1) is 6.92 Å². The third-order valence-electron chi connectivity index (χ3n) is 4.03. The van der Waals surface area contributed by atoms with E-state index in [9.17, 15) is 0 Å². The topological polar surface area (TPSA) is 12.0 Å². The summed E-state index contributed by atoms with van der Waals surface area (Å²) >= 11 is 0. The molecular weight excluding hydrogens is 278 g/mol.